The molecule has 1 aromatic heterocycles. The summed E-state index contributed by atoms with van der Waals surface area (Å²) in [5, 5.41) is 2.79. The number of hydrogen-bond donors (Lipinski definition) is 1. The van der Waals surface area contributed by atoms with E-state index in [2.05, 4.69) is 10.3 Å². The lowest BCUT2D eigenvalue weighted by atomic mass is 9.84. The predicted molar refractivity (Wildman–Crippen MR) is 198 cm³/mol. The number of benzene rings is 2. The number of methoxy groups -OCH3 is 2. The van der Waals surface area contributed by atoms with E-state index in [-0.39, 0.29) is 32.1 Å². The second kappa shape index (κ2) is 20.2. The topological polar surface area (TPSA) is 165 Å². The molecule has 1 aliphatic heterocycles. The summed E-state index contributed by atoms with van der Waals surface area (Å²) < 4.78 is 29.4. The normalized spacial score (nSPS) is 14.8. The molecule has 0 aliphatic carbocycles. The van der Waals surface area contributed by atoms with Crippen molar-refractivity contribution in [2.75, 3.05) is 40.5 Å². The first-order valence-electron chi connectivity index (χ1n) is 18.4. The zero-order chi connectivity index (χ0) is 39.1. The van der Waals surface area contributed by atoms with Crippen molar-refractivity contribution in [3.8, 4) is 17.2 Å². The van der Waals surface area contributed by atoms with Crippen LogP contribution < -0.4 is 19.5 Å². The summed E-state index contributed by atoms with van der Waals surface area (Å²) in [6.45, 7) is 6.17. The van der Waals surface area contributed by atoms with Crippen molar-refractivity contribution in [1.82, 2.24) is 19.8 Å². The number of nitrogens with zero attached hydrogens (tertiary/aromatic N) is 3. The van der Waals surface area contributed by atoms with Crippen molar-refractivity contribution in [3.05, 3.63) is 72.3 Å². The molecule has 14 nitrogen and oxygen atoms in total. The summed E-state index contributed by atoms with van der Waals surface area (Å²) in [5.74, 6) is -0.236. The summed E-state index contributed by atoms with van der Waals surface area (Å²) in [5.41, 5.74) is 0.786. The number of amides is 2. The molecule has 0 spiro atoms. The maximum Gasteiger partial charge on any atom is 0.419 e. The maximum atomic E-state index is 13.9. The van der Waals surface area contributed by atoms with Gasteiger partial charge in [0.1, 0.15) is 30.8 Å². The molecule has 14 heteroatoms. The molecular formula is C40H52N4O10. The van der Waals surface area contributed by atoms with Crippen LogP contribution in [0.25, 0.3) is 0 Å². The van der Waals surface area contributed by atoms with Gasteiger partial charge in [0.25, 0.3) is 5.91 Å². The highest BCUT2D eigenvalue weighted by atomic mass is 16.6. The first-order valence-corrected chi connectivity index (χ1v) is 18.4. The predicted octanol–water partition coefficient (Wildman–Crippen LogP) is 5.46. The summed E-state index contributed by atoms with van der Waals surface area (Å²) in [6, 6.07) is 12.0. The Kier molecular flexibility index (Phi) is 15.4. The molecule has 54 heavy (non-hydrogen) atoms. The van der Waals surface area contributed by atoms with Crippen LogP contribution in [0.3, 0.4) is 0 Å². The van der Waals surface area contributed by atoms with Crippen LogP contribution in [0.15, 0.2) is 61.2 Å². The van der Waals surface area contributed by atoms with Gasteiger partial charge >= 0.3 is 12.1 Å². The number of aromatic nitrogens is 2. The van der Waals surface area contributed by atoms with Crippen molar-refractivity contribution < 1.29 is 47.7 Å². The van der Waals surface area contributed by atoms with Crippen molar-refractivity contribution in [1.29, 1.82) is 0 Å². The van der Waals surface area contributed by atoms with Crippen LogP contribution in [0.4, 0.5) is 4.79 Å². The number of piperidine rings is 1. The van der Waals surface area contributed by atoms with Crippen LogP contribution in [0.5, 0.6) is 17.2 Å². The molecule has 2 atom stereocenters. The summed E-state index contributed by atoms with van der Waals surface area (Å²) in [7, 11) is 3.13. The van der Waals surface area contributed by atoms with E-state index in [1.165, 1.54) is 28.2 Å². The Balaban J connectivity index is 1.40. The average Bonchev–Trinajstić information content (AvgIpc) is 3.74. The Morgan fingerprint density at radius 3 is 2.52 bits per heavy atom. The third-order valence-electron chi connectivity index (χ3n) is 9.54. The quantitative estimate of drug-likeness (QED) is 0.0940. The number of Topliss-reactive ketones (excluding diaryl/α,β-unsaturated/α-hetero) is 1. The van der Waals surface area contributed by atoms with E-state index in [1.54, 1.807) is 46.3 Å². The van der Waals surface area contributed by atoms with Crippen LogP contribution >= 0.6 is 0 Å². The molecule has 2 aromatic carbocycles. The van der Waals surface area contributed by atoms with Crippen molar-refractivity contribution in [2.24, 2.45) is 5.41 Å². The molecule has 0 bridgehead atoms. The van der Waals surface area contributed by atoms with Gasteiger partial charge in [0.05, 0.1) is 27.4 Å². The molecular weight excluding hydrogens is 696 g/mol. The number of likely N-dealkylation sites (tertiary alicyclic amines) is 1. The van der Waals surface area contributed by atoms with E-state index in [0.717, 1.165) is 12.0 Å². The van der Waals surface area contributed by atoms with Crippen LogP contribution in [0.1, 0.15) is 82.9 Å². The zero-order valence-electron chi connectivity index (χ0n) is 31.8. The lowest BCUT2D eigenvalue weighted by Gasteiger charge is -2.36. The number of esters is 1. The first kappa shape index (κ1) is 41.4. The second-order valence-corrected chi connectivity index (χ2v) is 13.7. The monoisotopic (exact) mass is 748 g/mol. The molecule has 1 N–H and O–H groups in total. The standard InChI is InChI=1S/C40H52N4O10/c1-6-40(2,3)36(46)37(47)44-21-8-7-13-31(44)38(48)54-32(17-15-28-16-18-33(50-4)34(25-28)51-5)29-11-9-12-30(26-29)52-24-20-42-35(45)14-10-23-53-39(49)43-22-19-41-27-43/h9,11-12,16,18-19,22,25-27,31-32H,6-8,10,13-15,17,20-21,23-24H2,1-5H3,(H,42,45)/t31-,32+/m0/s1. The molecule has 0 radical (unpaired) electrons. The molecule has 3 aromatic rings. The highest BCUT2D eigenvalue weighted by Gasteiger charge is 2.41. The number of ether oxygens (including phenoxy) is 5. The third kappa shape index (κ3) is 11.5. The smallest absolute Gasteiger partial charge is 0.419 e. The molecule has 4 rings (SSSR count). The molecule has 0 unspecified atom stereocenters. The molecule has 2 heterocycles. The summed E-state index contributed by atoms with van der Waals surface area (Å²) in [6.07, 6.45) is 6.80. The van der Waals surface area contributed by atoms with Gasteiger partial charge in [0.2, 0.25) is 11.7 Å². The maximum absolute atomic E-state index is 13.9. The van der Waals surface area contributed by atoms with Crippen LogP contribution in [0.2, 0.25) is 0 Å². The largest absolute Gasteiger partial charge is 0.493 e. The molecule has 1 aliphatic rings. The number of aryl methyl sites for hydroxylation is 1. The number of nitrogens with one attached hydrogen (secondary N) is 1. The van der Waals surface area contributed by atoms with Gasteiger partial charge in [-0.15, -0.1) is 0 Å². The Morgan fingerprint density at radius 1 is 1.00 bits per heavy atom. The second-order valence-electron chi connectivity index (χ2n) is 13.7. The SMILES string of the molecule is CCC(C)(C)C(=O)C(=O)N1CCCC[C@H]1C(=O)O[C@H](CCc1ccc(OC)c(OC)c1)c1cccc(OCCNC(=O)CCCOC(=O)n2ccnc2)c1. The van der Waals surface area contributed by atoms with Crippen LogP contribution in [0, 0.1) is 5.41 Å². The lowest BCUT2D eigenvalue weighted by molar-refractivity contribution is -0.164. The highest BCUT2D eigenvalue weighted by molar-refractivity contribution is 6.38. The number of rotatable bonds is 19. The van der Waals surface area contributed by atoms with Gasteiger partial charge in [-0.05, 0) is 80.3 Å². The molecule has 1 fully saturated rings. The minimum Gasteiger partial charge on any atom is -0.493 e. The van der Waals surface area contributed by atoms with Gasteiger partial charge < -0.3 is 33.9 Å². The van der Waals surface area contributed by atoms with Crippen LogP contribution in [-0.4, -0.2) is 90.7 Å². The van der Waals surface area contributed by atoms with E-state index in [1.807, 2.05) is 31.2 Å². The number of ketones is 1. The van der Waals surface area contributed by atoms with Gasteiger partial charge in [-0.25, -0.2) is 19.1 Å². The number of hydrogen-bond acceptors (Lipinski definition) is 11. The summed E-state index contributed by atoms with van der Waals surface area (Å²) >= 11 is 0. The van der Waals surface area contributed by atoms with E-state index in [9.17, 15) is 24.0 Å². The zero-order valence-corrected chi connectivity index (χ0v) is 31.8. The van der Waals surface area contributed by atoms with Gasteiger partial charge in [-0.2, -0.15) is 0 Å². The van der Waals surface area contributed by atoms with Gasteiger partial charge in [0.15, 0.2) is 11.5 Å². The lowest BCUT2D eigenvalue weighted by Crippen LogP contribution is -2.53. The van der Waals surface area contributed by atoms with E-state index in [0.29, 0.717) is 67.9 Å². The minimum absolute atomic E-state index is 0.0930. The fraction of sp³-hybridized carbons (Fsp3) is 0.500. The minimum atomic E-state index is -0.877. The fourth-order valence-corrected chi connectivity index (χ4v) is 5.93. The Hall–Kier alpha value is -5.40. The number of carbonyl (C=O) groups excluding carboxylic acids is 5. The molecule has 2 amide bonds. The Labute approximate surface area is 316 Å². The highest BCUT2D eigenvalue weighted by Crippen LogP contribution is 2.32. The molecule has 0 saturated carbocycles. The average molecular weight is 749 g/mol. The van der Waals surface area contributed by atoms with E-state index < -0.39 is 41.3 Å². The first-order chi connectivity index (χ1) is 26.0. The van der Waals surface area contributed by atoms with Crippen LogP contribution in [-0.2, 0) is 35.1 Å². The Morgan fingerprint density at radius 2 is 1.80 bits per heavy atom. The summed E-state index contributed by atoms with van der Waals surface area (Å²) in [4.78, 5) is 69.8. The van der Waals surface area contributed by atoms with E-state index >= 15 is 0 Å². The number of carbonyl (C=O) groups is 5. The Bertz CT molecular complexity index is 1720. The van der Waals surface area contributed by atoms with Crippen molar-refractivity contribution >= 4 is 29.7 Å². The van der Waals surface area contributed by atoms with Crippen molar-refractivity contribution in [2.45, 2.75) is 84.3 Å². The van der Waals surface area contributed by atoms with Gasteiger partial charge in [0, 0.05) is 30.8 Å². The fourth-order valence-electron chi connectivity index (χ4n) is 5.93. The molecule has 292 valence electrons. The number of imidazole rings is 1. The van der Waals surface area contributed by atoms with Crippen molar-refractivity contribution in [3.63, 3.8) is 0 Å². The third-order valence-corrected chi connectivity index (χ3v) is 9.54. The molecule has 1 saturated heterocycles. The van der Waals surface area contributed by atoms with E-state index in [4.69, 9.17) is 23.7 Å². The van der Waals surface area contributed by atoms with Gasteiger partial charge in [-0.1, -0.05) is 39.0 Å². The van der Waals surface area contributed by atoms with Gasteiger partial charge in [-0.3, -0.25) is 14.4 Å².